The van der Waals surface area contributed by atoms with Crippen LogP contribution in [0.2, 0.25) is 0 Å². The zero-order valence-corrected chi connectivity index (χ0v) is 11.4. The third kappa shape index (κ3) is 2.13. The molecule has 18 heavy (non-hydrogen) atoms. The molecule has 1 aromatic carbocycles. The lowest BCUT2D eigenvalue weighted by Crippen LogP contribution is -2.35. The number of para-hydroxylation sites is 2. The summed E-state index contributed by atoms with van der Waals surface area (Å²) in [6.07, 6.45) is 3.54. The molecule has 0 saturated carbocycles. The maximum absolute atomic E-state index is 12.2. The van der Waals surface area contributed by atoms with Crippen molar-refractivity contribution >= 4 is 17.3 Å². The predicted octanol–water partition coefficient (Wildman–Crippen LogP) is 3.17. The second kappa shape index (κ2) is 4.84. The van der Waals surface area contributed by atoms with Crippen LogP contribution in [0.1, 0.15) is 27.7 Å². The van der Waals surface area contributed by atoms with E-state index in [1.165, 1.54) is 0 Å². The average molecular weight is 244 g/mol. The van der Waals surface area contributed by atoms with Crippen LogP contribution in [-0.4, -0.2) is 18.0 Å². The Bertz CT molecular complexity index is 477. The number of carbonyl (C=O) groups excluding carboxylic acids is 1. The summed E-state index contributed by atoms with van der Waals surface area (Å²) in [7, 11) is 0. The van der Waals surface area contributed by atoms with E-state index >= 15 is 0 Å². The second-order valence-corrected chi connectivity index (χ2v) is 5.11. The van der Waals surface area contributed by atoms with Crippen molar-refractivity contribution in [3.63, 3.8) is 0 Å². The van der Waals surface area contributed by atoms with E-state index in [2.05, 4.69) is 24.8 Å². The molecule has 0 spiro atoms. The van der Waals surface area contributed by atoms with Gasteiger partial charge in [-0.2, -0.15) is 0 Å². The van der Waals surface area contributed by atoms with E-state index in [0.29, 0.717) is 6.04 Å². The Morgan fingerprint density at radius 1 is 0.944 bits per heavy atom. The smallest absolute Gasteiger partial charge is 0.252 e. The van der Waals surface area contributed by atoms with Crippen molar-refractivity contribution in [2.75, 3.05) is 9.80 Å². The van der Waals surface area contributed by atoms with Gasteiger partial charge in [0.15, 0.2) is 0 Å². The molecule has 96 valence electrons. The zero-order valence-electron chi connectivity index (χ0n) is 11.4. The SMILES string of the molecule is CC(C)N1C=CC(=O)N(C(C)C)c2ccccc21. The molecule has 1 aromatic rings. The number of amides is 1. The van der Waals surface area contributed by atoms with Crippen LogP contribution in [0.15, 0.2) is 36.5 Å². The molecule has 0 aliphatic carbocycles. The second-order valence-electron chi connectivity index (χ2n) is 5.11. The van der Waals surface area contributed by atoms with Gasteiger partial charge in [-0.15, -0.1) is 0 Å². The summed E-state index contributed by atoms with van der Waals surface area (Å²) in [5.74, 6) is 0.0422. The van der Waals surface area contributed by atoms with Gasteiger partial charge in [0.1, 0.15) is 0 Å². The lowest BCUT2D eigenvalue weighted by molar-refractivity contribution is -0.114. The number of anilines is 2. The molecule has 1 amide bonds. The van der Waals surface area contributed by atoms with Crippen molar-refractivity contribution in [2.45, 2.75) is 39.8 Å². The maximum Gasteiger partial charge on any atom is 0.252 e. The van der Waals surface area contributed by atoms with Crippen LogP contribution < -0.4 is 9.80 Å². The Labute approximate surface area is 109 Å². The molecule has 0 saturated heterocycles. The highest BCUT2D eigenvalue weighted by Gasteiger charge is 2.25. The fourth-order valence-corrected chi connectivity index (χ4v) is 2.29. The third-order valence-corrected chi connectivity index (χ3v) is 3.11. The summed E-state index contributed by atoms with van der Waals surface area (Å²) in [5, 5.41) is 0. The first kappa shape index (κ1) is 12.7. The number of benzene rings is 1. The number of nitrogens with zero attached hydrogens (tertiary/aromatic N) is 2. The summed E-state index contributed by atoms with van der Waals surface area (Å²) in [6.45, 7) is 8.31. The minimum Gasteiger partial charge on any atom is -0.344 e. The van der Waals surface area contributed by atoms with E-state index in [0.717, 1.165) is 11.4 Å². The van der Waals surface area contributed by atoms with Crippen LogP contribution in [0.25, 0.3) is 0 Å². The largest absolute Gasteiger partial charge is 0.344 e. The third-order valence-electron chi connectivity index (χ3n) is 3.11. The monoisotopic (exact) mass is 244 g/mol. The van der Waals surface area contributed by atoms with Gasteiger partial charge in [-0.05, 0) is 39.8 Å². The lowest BCUT2D eigenvalue weighted by Gasteiger charge is -2.30. The highest BCUT2D eigenvalue weighted by molar-refractivity contribution is 6.05. The van der Waals surface area contributed by atoms with Crippen molar-refractivity contribution in [2.24, 2.45) is 0 Å². The summed E-state index contributed by atoms with van der Waals surface area (Å²) in [6, 6.07) is 8.53. The van der Waals surface area contributed by atoms with E-state index in [1.807, 2.05) is 43.1 Å². The number of hydrogen-bond acceptors (Lipinski definition) is 2. The first-order valence-electron chi connectivity index (χ1n) is 6.41. The van der Waals surface area contributed by atoms with Crippen molar-refractivity contribution in [3.8, 4) is 0 Å². The number of hydrogen-bond donors (Lipinski definition) is 0. The van der Waals surface area contributed by atoms with Crippen LogP contribution >= 0.6 is 0 Å². The van der Waals surface area contributed by atoms with E-state index in [-0.39, 0.29) is 11.9 Å². The minimum atomic E-state index is 0.0422. The van der Waals surface area contributed by atoms with Gasteiger partial charge in [0.05, 0.1) is 11.4 Å². The quantitative estimate of drug-likeness (QED) is 0.797. The summed E-state index contributed by atoms with van der Waals surface area (Å²) < 4.78 is 0. The van der Waals surface area contributed by atoms with Crippen molar-refractivity contribution in [1.82, 2.24) is 0 Å². The molecular weight excluding hydrogens is 224 g/mol. The van der Waals surface area contributed by atoms with Gasteiger partial charge in [-0.1, -0.05) is 12.1 Å². The topological polar surface area (TPSA) is 23.6 Å². The van der Waals surface area contributed by atoms with Gasteiger partial charge >= 0.3 is 0 Å². The molecule has 1 aliphatic heterocycles. The minimum absolute atomic E-state index is 0.0422. The Morgan fingerprint density at radius 3 is 2.11 bits per heavy atom. The van der Waals surface area contributed by atoms with E-state index in [1.54, 1.807) is 6.08 Å². The zero-order chi connectivity index (χ0) is 13.3. The van der Waals surface area contributed by atoms with Crippen molar-refractivity contribution in [3.05, 3.63) is 36.5 Å². The fraction of sp³-hybridized carbons (Fsp3) is 0.400. The van der Waals surface area contributed by atoms with E-state index in [9.17, 15) is 4.79 Å². The van der Waals surface area contributed by atoms with Crippen LogP contribution in [0.4, 0.5) is 11.4 Å². The van der Waals surface area contributed by atoms with E-state index in [4.69, 9.17) is 0 Å². The molecule has 0 atom stereocenters. The molecule has 0 fully saturated rings. The standard InChI is InChI=1S/C15H20N2O/c1-11(2)16-10-9-15(18)17(12(3)4)14-8-6-5-7-13(14)16/h5-12H,1-4H3. The Balaban J connectivity index is 2.59. The van der Waals surface area contributed by atoms with Gasteiger partial charge in [0.25, 0.3) is 5.91 Å². The molecule has 1 aliphatic rings. The number of fused-ring (bicyclic) bond motifs is 1. The molecule has 0 aromatic heterocycles. The molecule has 0 N–H and O–H groups in total. The first-order valence-corrected chi connectivity index (χ1v) is 6.41. The molecule has 0 unspecified atom stereocenters. The summed E-state index contributed by atoms with van der Waals surface area (Å²) in [5.41, 5.74) is 2.07. The molecule has 0 bridgehead atoms. The summed E-state index contributed by atoms with van der Waals surface area (Å²) in [4.78, 5) is 16.2. The van der Waals surface area contributed by atoms with Crippen molar-refractivity contribution in [1.29, 1.82) is 0 Å². The Kier molecular flexibility index (Phi) is 3.41. The molecule has 3 heteroatoms. The number of rotatable bonds is 2. The molecule has 3 nitrogen and oxygen atoms in total. The average Bonchev–Trinajstić information content (AvgIpc) is 2.44. The van der Waals surface area contributed by atoms with Gasteiger partial charge < -0.3 is 9.80 Å². The summed E-state index contributed by atoms with van der Waals surface area (Å²) >= 11 is 0. The van der Waals surface area contributed by atoms with Crippen LogP contribution in [0.3, 0.4) is 0 Å². The maximum atomic E-state index is 12.2. The molecule has 2 rings (SSSR count). The lowest BCUT2D eigenvalue weighted by atomic mass is 10.2. The first-order chi connectivity index (χ1) is 8.52. The highest BCUT2D eigenvalue weighted by Crippen LogP contribution is 2.34. The van der Waals surface area contributed by atoms with Gasteiger partial charge in [-0.25, -0.2) is 0 Å². The Morgan fingerprint density at radius 2 is 1.56 bits per heavy atom. The fourth-order valence-electron chi connectivity index (χ4n) is 2.29. The molecular formula is C15H20N2O. The molecule has 1 heterocycles. The number of carbonyl (C=O) groups is 1. The van der Waals surface area contributed by atoms with Gasteiger partial charge in [0, 0.05) is 24.4 Å². The Hall–Kier alpha value is -1.77. The van der Waals surface area contributed by atoms with Gasteiger partial charge in [0.2, 0.25) is 0 Å². The van der Waals surface area contributed by atoms with Gasteiger partial charge in [-0.3, -0.25) is 4.79 Å². The van der Waals surface area contributed by atoms with Crippen LogP contribution in [-0.2, 0) is 4.79 Å². The normalized spacial score (nSPS) is 15.3. The van der Waals surface area contributed by atoms with E-state index < -0.39 is 0 Å². The van der Waals surface area contributed by atoms with Crippen molar-refractivity contribution < 1.29 is 4.79 Å². The highest BCUT2D eigenvalue weighted by atomic mass is 16.2. The molecule has 0 radical (unpaired) electrons. The van der Waals surface area contributed by atoms with Crippen LogP contribution in [0.5, 0.6) is 0 Å². The predicted molar refractivity (Wildman–Crippen MR) is 75.8 cm³/mol. The van der Waals surface area contributed by atoms with Crippen LogP contribution in [0, 0.1) is 0 Å².